The van der Waals surface area contributed by atoms with Gasteiger partial charge in [0.1, 0.15) is 0 Å². The minimum Gasteiger partial charge on any atom is -0.366 e. The Morgan fingerprint density at radius 1 is 1.17 bits per heavy atom. The fourth-order valence-electron chi connectivity index (χ4n) is 4.53. The number of piperazine rings is 1. The number of carbonyl (C=O) groups is 1. The van der Waals surface area contributed by atoms with Crippen molar-refractivity contribution < 1.29 is 18.0 Å². The topological polar surface area (TPSA) is 35.6 Å². The summed E-state index contributed by atoms with van der Waals surface area (Å²) in [6, 6.07) is 11.3. The third kappa shape index (κ3) is 3.83. The molecule has 1 N–H and O–H groups in total. The second kappa shape index (κ2) is 8.02. The van der Waals surface area contributed by atoms with Crippen LogP contribution in [0.25, 0.3) is 0 Å². The zero-order chi connectivity index (χ0) is 21.5. The molecule has 0 aliphatic carbocycles. The van der Waals surface area contributed by atoms with E-state index in [2.05, 4.69) is 15.1 Å². The first-order valence-electron chi connectivity index (χ1n) is 10.0. The van der Waals surface area contributed by atoms with Crippen LogP contribution in [-0.2, 0) is 17.4 Å². The molecule has 0 aromatic heterocycles. The number of para-hydroxylation sites is 1. The average molecular weight is 438 g/mol. The van der Waals surface area contributed by atoms with Crippen molar-refractivity contribution in [1.29, 1.82) is 0 Å². The monoisotopic (exact) mass is 437 g/mol. The number of hydrogen-bond acceptors (Lipinski definition) is 3. The Morgan fingerprint density at radius 3 is 2.63 bits per heavy atom. The first-order chi connectivity index (χ1) is 14.3. The smallest absolute Gasteiger partial charge is 0.366 e. The van der Waals surface area contributed by atoms with Crippen LogP contribution in [0.3, 0.4) is 0 Å². The standard InChI is InChI=1S/C22H23ClF3N3O/c1-2-27-21(30)16-12-14-11-15(22(24,25)26)7-8-18(14)29-10-9-28(13-20(16)29)19-6-4-3-5-17(19)23/h3-8,11,16,20H,2,9-10,12-13H2,1H3,(H,27,30). The quantitative estimate of drug-likeness (QED) is 0.774. The summed E-state index contributed by atoms with van der Waals surface area (Å²) in [4.78, 5) is 17.1. The highest BCUT2D eigenvalue weighted by Crippen LogP contribution is 2.40. The van der Waals surface area contributed by atoms with Gasteiger partial charge in [0.05, 0.1) is 28.2 Å². The number of alkyl halides is 3. The third-order valence-electron chi connectivity index (χ3n) is 5.92. The van der Waals surface area contributed by atoms with Gasteiger partial charge in [0.15, 0.2) is 0 Å². The number of anilines is 2. The lowest BCUT2D eigenvalue weighted by atomic mass is 9.82. The molecule has 2 heterocycles. The number of nitrogens with zero attached hydrogens (tertiary/aromatic N) is 2. The lowest BCUT2D eigenvalue weighted by molar-refractivity contribution is -0.137. The largest absolute Gasteiger partial charge is 0.416 e. The van der Waals surface area contributed by atoms with Crippen molar-refractivity contribution in [2.45, 2.75) is 25.6 Å². The molecule has 4 nitrogen and oxygen atoms in total. The van der Waals surface area contributed by atoms with Gasteiger partial charge in [0, 0.05) is 31.9 Å². The van der Waals surface area contributed by atoms with Crippen molar-refractivity contribution in [3.8, 4) is 0 Å². The van der Waals surface area contributed by atoms with E-state index < -0.39 is 17.7 Å². The third-order valence-corrected chi connectivity index (χ3v) is 6.24. The second-order valence-corrected chi connectivity index (χ2v) is 8.11. The fourth-order valence-corrected chi connectivity index (χ4v) is 4.79. The molecule has 0 radical (unpaired) electrons. The number of benzene rings is 2. The summed E-state index contributed by atoms with van der Waals surface area (Å²) in [5, 5.41) is 3.50. The number of amides is 1. The summed E-state index contributed by atoms with van der Waals surface area (Å²) in [6.45, 7) is 4.16. The molecule has 1 amide bonds. The predicted octanol–water partition coefficient (Wildman–Crippen LogP) is 4.36. The number of hydrogen-bond donors (Lipinski definition) is 1. The van der Waals surface area contributed by atoms with E-state index in [0.717, 1.165) is 17.4 Å². The molecular formula is C22H23ClF3N3O. The van der Waals surface area contributed by atoms with E-state index in [9.17, 15) is 18.0 Å². The second-order valence-electron chi connectivity index (χ2n) is 7.70. The van der Waals surface area contributed by atoms with Gasteiger partial charge in [0.2, 0.25) is 5.91 Å². The molecule has 1 saturated heterocycles. The van der Waals surface area contributed by atoms with Crippen molar-refractivity contribution in [3.05, 3.63) is 58.6 Å². The molecule has 2 aliphatic heterocycles. The Balaban J connectivity index is 1.70. The Kier molecular flexibility index (Phi) is 5.57. The molecule has 160 valence electrons. The zero-order valence-electron chi connectivity index (χ0n) is 16.5. The molecule has 0 saturated carbocycles. The highest BCUT2D eigenvalue weighted by atomic mass is 35.5. The number of halogens is 4. The van der Waals surface area contributed by atoms with Crippen LogP contribution in [0.2, 0.25) is 5.02 Å². The van der Waals surface area contributed by atoms with Crippen molar-refractivity contribution in [3.63, 3.8) is 0 Å². The van der Waals surface area contributed by atoms with Crippen molar-refractivity contribution in [2.75, 3.05) is 36.0 Å². The van der Waals surface area contributed by atoms with Gasteiger partial charge in [-0.25, -0.2) is 0 Å². The minimum absolute atomic E-state index is 0.128. The summed E-state index contributed by atoms with van der Waals surface area (Å²) in [6.07, 6.45) is -4.13. The Hall–Kier alpha value is -2.41. The molecular weight excluding hydrogens is 415 g/mol. The van der Waals surface area contributed by atoms with E-state index in [1.54, 1.807) is 6.07 Å². The summed E-state index contributed by atoms with van der Waals surface area (Å²) >= 11 is 6.38. The van der Waals surface area contributed by atoms with Crippen LogP contribution in [0.15, 0.2) is 42.5 Å². The van der Waals surface area contributed by atoms with Crippen LogP contribution in [-0.4, -0.2) is 38.1 Å². The SMILES string of the molecule is CCNC(=O)C1Cc2cc(C(F)(F)F)ccc2N2CCN(c3ccccc3Cl)CC12. The van der Waals surface area contributed by atoms with E-state index in [1.165, 1.54) is 6.07 Å². The molecule has 2 atom stereocenters. The molecule has 8 heteroatoms. The van der Waals surface area contributed by atoms with Gasteiger partial charge in [-0.2, -0.15) is 13.2 Å². The fraction of sp³-hybridized carbons (Fsp3) is 0.409. The van der Waals surface area contributed by atoms with Crippen LogP contribution in [0.5, 0.6) is 0 Å². The normalized spacial score (nSPS) is 21.1. The van der Waals surface area contributed by atoms with Crippen LogP contribution in [0.4, 0.5) is 24.5 Å². The molecule has 2 aliphatic rings. The Bertz CT molecular complexity index is 949. The lowest BCUT2D eigenvalue weighted by Gasteiger charge is -2.49. The molecule has 2 aromatic rings. The van der Waals surface area contributed by atoms with Gasteiger partial charge in [-0.1, -0.05) is 23.7 Å². The van der Waals surface area contributed by atoms with Crippen LogP contribution < -0.4 is 15.1 Å². The van der Waals surface area contributed by atoms with Gasteiger partial charge >= 0.3 is 6.18 Å². The van der Waals surface area contributed by atoms with Crippen molar-refractivity contribution in [2.24, 2.45) is 5.92 Å². The average Bonchev–Trinajstić information content (AvgIpc) is 2.72. The van der Waals surface area contributed by atoms with Crippen LogP contribution in [0.1, 0.15) is 18.1 Å². The van der Waals surface area contributed by atoms with Gasteiger partial charge < -0.3 is 15.1 Å². The van der Waals surface area contributed by atoms with E-state index in [-0.39, 0.29) is 18.4 Å². The van der Waals surface area contributed by atoms with E-state index in [4.69, 9.17) is 11.6 Å². The van der Waals surface area contributed by atoms with E-state index in [0.29, 0.717) is 36.8 Å². The molecule has 1 fully saturated rings. The maximum Gasteiger partial charge on any atom is 0.416 e. The minimum atomic E-state index is -4.41. The van der Waals surface area contributed by atoms with Crippen molar-refractivity contribution in [1.82, 2.24) is 5.32 Å². The number of rotatable bonds is 3. The van der Waals surface area contributed by atoms with Crippen molar-refractivity contribution >= 4 is 28.9 Å². The van der Waals surface area contributed by atoms with Gasteiger partial charge in [0.25, 0.3) is 0 Å². The molecule has 2 unspecified atom stereocenters. The summed E-state index contributed by atoms with van der Waals surface area (Å²) in [5.74, 6) is -0.567. The maximum atomic E-state index is 13.2. The molecule has 4 rings (SSSR count). The van der Waals surface area contributed by atoms with E-state index in [1.807, 2.05) is 31.2 Å². The first kappa shape index (κ1) is 20.8. The van der Waals surface area contributed by atoms with Gasteiger partial charge in [-0.05, 0) is 49.2 Å². The maximum absolute atomic E-state index is 13.2. The lowest BCUT2D eigenvalue weighted by Crippen LogP contribution is -2.61. The van der Waals surface area contributed by atoms with Gasteiger partial charge in [-0.15, -0.1) is 0 Å². The molecule has 0 spiro atoms. The van der Waals surface area contributed by atoms with Crippen LogP contribution >= 0.6 is 11.6 Å². The number of carbonyl (C=O) groups excluding carboxylic acids is 1. The highest BCUT2D eigenvalue weighted by Gasteiger charge is 2.42. The highest BCUT2D eigenvalue weighted by molar-refractivity contribution is 6.33. The Labute approximate surface area is 178 Å². The number of fused-ring (bicyclic) bond motifs is 3. The summed E-state index contributed by atoms with van der Waals surface area (Å²) in [5.41, 5.74) is 1.59. The summed E-state index contributed by atoms with van der Waals surface area (Å²) in [7, 11) is 0. The summed E-state index contributed by atoms with van der Waals surface area (Å²) < 4.78 is 39.7. The van der Waals surface area contributed by atoms with E-state index >= 15 is 0 Å². The molecule has 2 aromatic carbocycles. The molecule has 30 heavy (non-hydrogen) atoms. The predicted molar refractivity (Wildman–Crippen MR) is 112 cm³/mol. The van der Waals surface area contributed by atoms with Crippen LogP contribution in [0, 0.1) is 5.92 Å². The number of nitrogens with one attached hydrogen (secondary N) is 1. The molecule has 0 bridgehead atoms. The zero-order valence-corrected chi connectivity index (χ0v) is 17.3. The Morgan fingerprint density at radius 2 is 1.93 bits per heavy atom. The van der Waals surface area contributed by atoms with Gasteiger partial charge in [-0.3, -0.25) is 4.79 Å². The first-order valence-corrected chi connectivity index (χ1v) is 10.4.